The summed E-state index contributed by atoms with van der Waals surface area (Å²) in [5.41, 5.74) is 2.06. The van der Waals surface area contributed by atoms with Crippen LogP contribution in [0.4, 0.5) is 0 Å². The van der Waals surface area contributed by atoms with Crippen molar-refractivity contribution in [3.8, 4) is 0 Å². The van der Waals surface area contributed by atoms with Crippen LogP contribution in [0.15, 0.2) is 4.79 Å². The highest BCUT2D eigenvalue weighted by atomic mass is 16.4. The van der Waals surface area contributed by atoms with Crippen LogP contribution in [0.2, 0.25) is 0 Å². The number of carboxylic acids is 1. The zero-order valence-electron chi connectivity index (χ0n) is 12.9. The molecule has 0 aliphatic carbocycles. The minimum Gasteiger partial charge on any atom is -0.481 e. The SMILES string of the molecule is Cc1nc(=O)n(N2CCCCC2)c(C)c1CC(C)C(=O)O. The zero-order valence-corrected chi connectivity index (χ0v) is 12.9. The fourth-order valence-electron chi connectivity index (χ4n) is 2.89. The van der Waals surface area contributed by atoms with Gasteiger partial charge in [-0.05, 0) is 45.1 Å². The van der Waals surface area contributed by atoms with E-state index in [9.17, 15) is 9.59 Å². The molecule has 1 aliphatic heterocycles. The first kappa shape index (κ1) is 15.5. The first-order valence-corrected chi connectivity index (χ1v) is 7.49. The normalized spacial score (nSPS) is 16.8. The summed E-state index contributed by atoms with van der Waals surface area (Å²) in [4.78, 5) is 27.4. The van der Waals surface area contributed by atoms with Gasteiger partial charge in [-0.2, -0.15) is 4.98 Å². The molecule has 1 saturated heterocycles. The largest absolute Gasteiger partial charge is 0.481 e. The Kier molecular flexibility index (Phi) is 4.65. The van der Waals surface area contributed by atoms with Crippen LogP contribution in [0.25, 0.3) is 0 Å². The number of aliphatic carboxylic acids is 1. The minimum atomic E-state index is -0.829. The average Bonchev–Trinajstić information content (AvgIpc) is 2.44. The van der Waals surface area contributed by atoms with E-state index < -0.39 is 11.9 Å². The molecule has 2 rings (SSSR count). The molecule has 0 amide bonds. The number of rotatable bonds is 4. The molecule has 2 heterocycles. The number of piperidine rings is 1. The fraction of sp³-hybridized carbons (Fsp3) is 0.667. The van der Waals surface area contributed by atoms with Crippen molar-refractivity contribution in [2.24, 2.45) is 5.92 Å². The van der Waals surface area contributed by atoms with Crippen LogP contribution in [0.3, 0.4) is 0 Å². The monoisotopic (exact) mass is 293 g/mol. The van der Waals surface area contributed by atoms with Crippen LogP contribution in [-0.2, 0) is 11.2 Å². The van der Waals surface area contributed by atoms with E-state index in [1.165, 1.54) is 6.42 Å². The predicted octanol–water partition coefficient (Wildman–Crippen LogP) is 1.25. The first-order valence-electron chi connectivity index (χ1n) is 7.49. The van der Waals surface area contributed by atoms with Gasteiger partial charge in [0.2, 0.25) is 0 Å². The molecule has 116 valence electrons. The van der Waals surface area contributed by atoms with Gasteiger partial charge in [-0.1, -0.05) is 6.92 Å². The lowest BCUT2D eigenvalue weighted by molar-refractivity contribution is -0.141. The quantitative estimate of drug-likeness (QED) is 0.904. The Bertz CT molecular complexity index is 589. The number of aromatic nitrogens is 2. The van der Waals surface area contributed by atoms with E-state index in [-0.39, 0.29) is 5.69 Å². The van der Waals surface area contributed by atoms with Gasteiger partial charge >= 0.3 is 11.7 Å². The molecular weight excluding hydrogens is 270 g/mol. The maximum absolute atomic E-state index is 12.2. The molecule has 0 aromatic carbocycles. The highest BCUT2D eigenvalue weighted by Crippen LogP contribution is 2.17. The van der Waals surface area contributed by atoms with Crippen LogP contribution < -0.4 is 10.7 Å². The third kappa shape index (κ3) is 3.25. The molecule has 1 aromatic heterocycles. The van der Waals surface area contributed by atoms with E-state index >= 15 is 0 Å². The van der Waals surface area contributed by atoms with Gasteiger partial charge in [0.1, 0.15) is 0 Å². The van der Waals surface area contributed by atoms with Gasteiger partial charge in [0.05, 0.1) is 5.92 Å². The average molecular weight is 293 g/mol. The van der Waals surface area contributed by atoms with Gasteiger partial charge < -0.3 is 10.1 Å². The maximum Gasteiger partial charge on any atom is 0.366 e. The number of hydrogen-bond donors (Lipinski definition) is 1. The van der Waals surface area contributed by atoms with Crippen LogP contribution >= 0.6 is 0 Å². The van der Waals surface area contributed by atoms with Crippen molar-refractivity contribution < 1.29 is 9.90 Å². The van der Waals surface area contributed by atoms with Crippen molar-refractivity contribution in [2.45, 2.75) is 46.5 Å². The van der Waals surface area contributed by atoms with Crippen molar-refractivity contribution in [3.05, 3.63) is 27.4 Å². The van der Waals surface area contributed by atoms with Gasteiger partial charge in [-0.15, -0.1) is 0 Å². The van der Waals surface area contributed by atoms with E-state index in [1.807, 2.05) is 11.9 Å². The maximum atomic E-state index is 12.2. The number of hydrogen-bond acceptors (Lipinski definition) is 4. The van der Waals surface area contributed by atoms with Crippen LogP contribution in [0.1, 0.15) is 43.1 Å². The summed E-state index contributed by atoms with van der Waals surface area (Å²) in [7, 11) is 0. The van der Waals surface area contributed by atoms with Crippen LogP contribution in [0, 0.1) is 19.8 Å². The standard InChI is InChI=1S/C15H23N3O3/c1-10(14(19)20)9-13-11(2)16-15(21)18(12(13)3)17-7-5-4-6-8-17/h10H,4-9H2,1-3H3,(H,19,20). The summed E-state index contributed by atoms with van der Waals surface area (Å²) in [6, 6.07) is 0. The van der Waals surface area contributed by atoms with Crippen LogP contribution in [-0.4, -0.2) is 33.8 Å². The van der Waals surface area contributed by atoms with Gasteiger partial charge in [0.15, 0.2) is 0 Å². The molecule has 6 heteroatoms. The molecule has 1 N–H and O–H groups in total. The lowest BCUT2D eigenvalue weighted by Gasteiger charge is -2.32. The number of aryl methyl sites for hydroxylation is 1. The van der Waals surface area contributed by atoms with E-state index in [2.05, 4.69) is 4.98 Å². The van der Waals surface area contributed by atoms with E-state index in [0.29, 0.717) is 12.1 Å². The van der Waals surface area contributed by atoms with Crippen LogP contribution in [0.5, 0.6) is 0 Å². The summed E-state index contributed by atoms with van der Waals surface area (Å²) in [6.07, 6.45) is 3.72. The zero-order chi connectivity index (χ0) is 15.6. The molecule has 1 aromatic rings. The van der Waals surface area contributed by atoms with Crippen molar-refractivity contribution in [1.29, 1.82) is 0 Å². The minimum absolute atomic E-state index is 0.265. The molecule has 0 saturated carbocycles. The molecule has 6 nitrogen and oxygen atoms in total. The first-order chi connectivity index (χ1) is 9.91. The van der Waals surface area contributed by atoms with Crippen molar-refractivity contribution in [2.75, 3.05) is 18.1 Å². The summed E-state index contributed by atoms with van der Waals surface area (Å²) in [5, 5.41) is 11.1. The summed E-state index contributed by atoms with van der Waals surface area (Å²) >= 11 is 0. The Balaban J connectivity index is 2.41. The molecule has 0 radical (unpaired) electrons. The molecular formula is C15H23N3O3. The molecule has 21 heavy (non-hydrogen) atoms. The Morgan fingerprint density at radius 3 is 2.48 bits per heavy atom. The number of carboxylic acid groups (broad SMARTS) is 1. The van der Waals surface area contributed by atoms with Gasteiger partial charge in [0.25, 0.3) is 0 Å². The highest BCUT2D eigenvalue weighted by Gasteiger charge is 2.21. The molecule has 0 bridgehead atoms. The summed E-state index contributed by atoms with van der Waals surface area (Å²) < 4.78 is 1.63. The van der Waals surface area contributed by atoms with Crippen molar-refractivity contribution >= 4 is 5.97 Å². The second-order valence-electron chi connectivity index (χ2n) is 5.81. The van der Waals surface area contributed by atoms with Crippen molar-refractivity contribution in [3.63, 3.8) is 0 Å². The Morgan fingerprint density at radius 2 is 1.90 bits per heavy atom. The third-order valence-electron chi connectivity index (χ3n) is 4.18. The predicted molar refractivity (Wildman–Crippen MR) is 80.3 cm³/mol. The Labute approximate surface area is 124 Å². The molecule has 1 atom stereocenters. The van der Waals surface area contributed by atoms with Gasteiger partial charge in [-0.25, -0.2) is 9.47 Å². The second-order valence-corrected chi connectivity index (χ2v) is 5.81. The van der Waals surface area contributed by atoms with Gasteiger partial charge in [-0.3, -0.25) is 4.79 Å². The van der Waals surface area contributed by atoms with Gasteiger partial charge in [0, 0.05) is 24.5 Å². The van der Waals surface area contributed by atoms with E-state index in [1.54, 1.807) is 18.5 Å². The molecule has 0 spiro atoms. The Hall–Kier alpha value is -1.85. The smallest absolute Gasteiger partial charge is 0.366 e. The van der Waals surface area contributed by atoms with E-state index in [0.717, 1.165) is 37.2 Å². The summed E-state index contributed by atoms with van der Waals surface area (Å²) in [6.45, 7) is 7.03. The second kappa shape index (κ2) is 6.28. The number of nitrogens with zero attached hydrogens (tertiary/aromatic N) is 3. The molecule has 1 aliphatic rings. The topological polar surface area (TPSA) is 75.4 Å². The molecule has 1 fully saturated rings. The summed E-state index contributed by atoms with van der Waals surface area (Å²) in [5.74, 6) is -1.32. The van der Waals surface area contributed by atoms with E-state index in [4.69, 9.17) is 5.11 Å². The Morgan fingerprint density at radius 1 is 1.29 bits per heavy atom. The highest BCUT2D eigenvalue weighted by molar-refractivity contribution is 5.70. The lowest BCUT2D eigenvalue weighted by atomic mass is 9.99. The third-order valence-corrected chi connectivity index (χ3v) is 4.18. The van der Waals surface area contributed by atoms with Crippen molar-refractivity contribution in [1.82, 2.24) is 9.66 Å². The number of carbonyl (C=O) groups is 1. The molecule has 1 unspecified atom stereocenters. The fourth-order valence-corrected chi connectivity index (χ4v) is 2.89. The lowest BCUT2D eigenvalue weighted by Crippen LogP contribution is -2.48.